The highest BCUT2D eigenvalue weighted by atomic mass is 19.1. The summed E-state index contributed by atoms with van der Waals surface area (Å²) in [5.74, 6) is -1.84. The van der Waals surface area contributed by atoms with Crippen molar-refractivity contribution in [1.82, 2.24) is 9.38 Å². The van der Waals surface area contributed by atoms with Gasteiger partial charge in [0.05, 0.1) is 5.69 Å². The van der Waals surface area contributed by atoms with E-state index in [-0.39, 0.29) is 17.5 Å². The molecule has 4 rings (SSSR count). The molecule has 0 unspecified atom stereocenters. The molecule has 0 bridgehead atoms. The number of nitrogens with two attached hydrogens (primary N) is 2. The Bertz CT molecular complexity index is 998. The smallest absolute Gasteiger partial charge is 0.248 e. The number of amides is 1. The summed E-state index contributed by atoms with van der Waals surface area (Å²) in [5.41, 5.74) is 14.5. The van der Waals surface area contributed by atoms with Gasteiger partial charge in [0.2, 0.25) is 5.91 Å². The van der Waals surface area contributed by atoms with Crippen LogP contribution < -0.4 is 11.5 Å². The van der Waals surface area contributed by atoms with Crippen molar-refractivity contribution in [2.45, 2.75) is 24.8 Å². The maximum absolute atomic E-state index is 14.2. The van der Waals surface area contributed by atoms with Crippen LogP contribution in [0, 0.1) is 11.6 Å². The highest BCUT2D eigenvalue weighted by Gasteiger charge is 2.32. The fourth-order valence-corrected chi connectivity index (χ4v) is 3.54. The van der Waals surface area contributed by atoms with E-state index >= 15 is 0 Å². The van der Waals surface area contributed by atoms with Gasteiger partial charge in [-0.1, -0.05) is 0 Å². The molecule has 5 nitrogen and oxygen atoms in total. The molecule has 0 radical (unpaired) electrons. The largest absolute Gasteiger partial charge is 0.366 e. The van der Waals surface area contributed by atoms with Crippen LogP contribution in [0.25, 0.3) is 5.65 Å². The van der Waals surface area contributed by atoms with Crippen LogP contribution in [0.4, 0.5) is 8.78 Å². The molecule has 2 aromatic heterocycles. The first kappa shape index (κ1) is 15.7. The number of fused-ring (bicyclic) bond motifs is 3. The molecule has 128 valence electrons. The summed E-state index contributed by atoms with van der Waals surface area (Å²) in [4.78, 5) is 15.9. The predicted molar refractivity (Wildman–Crippen MR) is 88.2 cm³/mol. The Hall–Kier alpha value is -2.80. The molecule has 0 spiro atoms. The van der Waals surface area contributed by atoms with Crippen LogP contribution in [-0.2, 0) is 12.8 Å². The molecule has 7 heteroatoms. The Morgan fingerprint density at radius 3 is 2.76 bits per heavy atom. The van der Waals surface area contributed by atoms with Gasteiger partial charge in [0.15, 0.2) is 0 Å². The lowest BCUT2D eigenvalue weighted by molar-refractivity contribution is 0.1000. The number of carbonyl (C=O) groups is 1. The first-order valence-corrected chi connectivity index (χ1v) is 7.94. The van der Waals surface area contributed by atoms with Crippen molar-refractivity contribution < 1.29 is 13.6 Å². The molecule has 1 aliphatic rings. The van der Waals surface area contributed by atoms with Crippen LogP contribution >= 0.6 is 0 Å². The Labute approximate surface area is 142 Å². The molecule has 1 aromatic carbocycles. The monoisotopic (exact) mass is 342 g/mol. The van der Waals surface area contributed by atoms with Crippen LogP contribution in [-0.4, -0.2) is 21.3 Å². The van der Waals surface area contributed by atoms with Gasteiger partial charge in [-0.2, -0.15) is 0 Å². The minimum atomic E-state index is -0.528. The summed E-state index contributed by atoms with van der Waals surface area (Å²) < 4.78 is 29.6. The van der Waals surface area contributed by atoms with Gasteiger partial charge in [-0.25, -0.2) is 13.8 Å². The summed E-state index contributed by atoms with van der Waals surface area (Å²) in [6.07, 6.45) is 2.62. The highest BCUT2D eigenvalue weighted by molar-refractivity contribution is 5.93. The third-order valence-electron chi connectivity index (χ3n) is 4.81. The van der Waals surface area contributed by atoms with Crippen molar-refractivity contribution >= 4 is 11.6 Å². The van der Waals surface area contributed by atoms with E-state index in [1.165, 1.54) is 6.07 Å². The molecule has 2 atom stereocenters. The molecule has 2 heterocycles. The summed E-state index contributed by atoms with van der Waals surface area (Å²) in [6, 6.07) is 6.29. The molecule has 0 saturated carbocycles. The topological polar surface area (TPSA) is 86.4 Å². The molecule has 1 amide bonds. The van der Waals surface area contributed by atoms with E-state index in [2.05, 4.69) is 4.98 Å². The zero-order chi connectivity index (χ0) is 17.7. The average molecular weight is 342 g/mol. The van der Waals surface area contributed by atoms with Gasteiger partial charge in [-0.3, -0.25) is 4.79 Å². The number of primary amides is 1. The molecular weight excluding hydrogens is 326 g/mol. The summed E-state index contributed by atoms with van der Waals surface area (Å²) in [6.45, 7) is 0. The first-order chi connectivity index (χ1) is 11.9. The van der Waals surface area contributed by atoms with Crippen molar-refractivity contribution in [3.8, 4) is 0 Å². The maximum atomic E-state index is 14.2. The van der Waals surface area contributed by atoms with Gasteiger partial charge in [-0.15, -0.1) is 0 Å². The van der Waals surface area contributed by atoms with Gasteiger partial charge >= 0.3 is 0 Å². The number of pyridine rings is 1. The SMILES string of the molecule is NC(=O)c1ccn2c3c(nc2c1)C[C@H](c1cc(F)ccc1F)[C@@H](N)C3. The minimum absolute atomic E-state index is 0.271. The van der Waals surface area contributed by atoms with Crippen molar-refractivity contribution in [1.29, 1.82) is 0 Å². The van der Waals surface area contributed by atoms with E-state index in [0.717, 1.165) is 23.5 Å². The second-order valence-corrected chi connectivity index (χ2v) is 6.36. The Morgan fingerprint density at radius 2 is 2.00 bits per heavy atom. The molecule has 0 fully saturated rings. The molecule has 4 N–H and O–H groups in total. The third-order valence-corrected chi connectivity index (χ3v) is 4.81. The summed E-state index contributed by atoms with van der Waals surface area (Å²) in [5, 5.41) is 0. The van der Waals surface area contributed by atoms with Crippen molar-refractivity contribution in [3.05, 3.63) is 70.7 Å². The molecule has 0 aliphatic heterocycles. The highest BCUT2D eigenvalue weighted by Crippen LogP contribution is 2.34. The van der Waals surface area contributed by atoms with E-state index in [1.54, 1.807) is 18.3 Å². The number of imidazole rings is 1. The fourth-order valence-electron chi connectivity index (χ4n) is 3.54. The van der Waals surface area contributed by atoms with E-state index in [9.17, 15) is 13.6 Å². The molecule has 25 heavy (non-hydrogen) atoms. The predicted octanol–water partition coefficient (Wildman–Crippen LogP) is 1.92. The number of hydrogen-bond acceptors (Lipinski definition) is 3. The van der Waals surface area contributed by atoms with Gasteiger partial charge in [0.1, 0.15) is 17.3 Å². The second-order valence-electron chi connectivity index (χ2n) is 6.36. The van der Waals surface area contributed by atoms with E-state index < -0.39 is 17.5 Å². The number of hydrogen-bond donors (Lipinski definition) is 2. The molecular formula is C18H16F2N4O. The van der Waals surface area contributed by atoms with Crippen molar-refractivity contribution in [3.63, 3.8) is 0 Å². The first-order valence-electron chi connectivity index (χ1n) is 7.94. The van der Waals surface area contributed by atoms with E-state index in [0.29, 0.717) is 24.1 Å². The third kappa shape index (κ3) is 2.56. The summed E-state index contributed by atoms with van der Waals surface area (Å²) in [7, 11) is 0. The number of benzene rings is 1. The number of carbonyl (C=O) groups excluding carboxylic acids is 1. The van der Waals surface area contributed by atoms with Crippen molar-refractivity contribution in [2.75, 3.05) is 0 Å². The van der Waals surface area contributed by atoms with Gasteiger partial charge in [0.25, 0.3) is 0 Å². The van der Waals surface area contributed by atoms with Crippen molar-refractivity contribution in [2.24, 2.45) is 11.5 Å². The zero-order valence-corrected chi connectivity index (χ0v) is 13.2. The Morgan fingerprint density at radius 1 is 1.20 bits per heavy atom. The van der Waals surface area contributed by atoms with Gasteiger partial charge in [-0.05, 0) is 42.3 Å². The van der Waals surface area contributed by atoms with Gasteiger partial charge < -0.3 is 15.9 Å². The normalized spacial score (nSPS) is 19.8. The van der Waals surface area contributed by atoms with Crippen LogP contribution in [0.1, 0.15) is 33.2 Å². The molecule has 3 aromatic rings. The fraction of sp³-hybridized carbons (Fsp3) is 0.222. The quantitative estimate of drug-likeness (QED) is 0.746. The van der Waals surface area contributed by atoms with E-state index in [4.69, 9.17) is 11.5 Å². The van der Waals surface area contributed by atoms with Crippen LogP contribution in [0.5, 0.6) is 0 Å². The number of rotatable bonds is 2. The molecule has 1 aliphatic carbocycles. The van der Waals surface area contributed by atoms with Crippen LogP contribution in [0.3, 0.4) is 0 Å². The number of aromatic nitrogens is 2. The van der Waals surface area contributed by atoms with Crippen LogP contribution in [0.2, 0.25) is 0 Å². The molecule has 0 saturated heterocycles. The van der Waals surface area contributed by atoms with Gasteiger partial charge in [0, 0.05) is 35.8 Å². The average Bonchev–Trinajstić information content (AvgIpc) is 2.93. The van der Waals surface area contributed by atoms with Crippen LogP contribution in [0.15, 0.2) is 36.5 Å². The number of nitrogens with zero attached hydrogens (tertiary/aromatic N) is 2. The summed E-state index contributed by atoms with van der Waals surface area (Å²) >= 11 is 0. The lowest BCUT2D eigenvalue weighted by atomic mass is 9.80. The lowest BCUT2D eigenvalue weighted by Crippen LogP contribution is -2.36. The minimum Gasteiger partial charge on any atom is -0.366 e. The number of halogens is 2. The Kier molecular flexibility index (Phi) is 3.54. The maximum Gasteiger partial charge on any atom is 0.248 e. The zero-order valence-electron chi connectivity index (χ0n) is 13.2. The Balaban J connectivity index is 1.78. The standard InChI is InChI=1S/C18H16F2N4O/c19-10-1-2-13(20)11(6-10)12-7-15-16(8-14(12)21)24-4-3-9(18(22)25)5-17(24)23-15/h1-6,12,14H,7-8,21H2,(H2,22,25)/t12-,14+/m1/s1. The van der Waals surface area contributed by atoms with E-state index in [1.807, 2.05) is 4.40 Å². The lowest BCUT2D eigenvalue weighted by Gasteiger charge is -2.29. The second kappa shape index (κ2) is 5.63.